The summed E-state index contributed by atoms with van der Waals surface area (Å²) in [5.74, 6) is 0.111. The summed E-state index contributed by atoms with van der Waals surface area (Å²) < 4.78 is 2.93. The molecule has 7 heteroatoms. The van der Waals surface area contributed by atoms with Crippen LogP contribution in [-0.4, -0.2) is 32.3 Å². The minimum Gasteiger partial charge on any atom is -0.358 e. The van der Waals surface area contributed by atoms with Crippen molar-refractivity contribution in [2.75, 3.05) is 7.05 Å². The van der Waals surface area contributed by atoms with Gasteiger partial charge in [-0.15, -0.1) is 0 Å². The predicted octanol–water partition coefficient (Wildman–Crippen LogP) is 0.354. The lowest BCUT2D eigenvalue weighted by atomic mass is 10.3. The maximum atomic E-state index is 12.3. The lowest BCUT2D eigenvalue weighted by Crippen LogP contribution is -2.33. The molecule has 2 rings (SSSR count). The highest BCUT2D eigenvalue weighted by Crippen LogP contribution is 2.09. The zero-order valence-electron chi connectivity index (χ0n) is 12.7. The molecule has 0 saturated carbocycles. The van der Waals surface area contributed by atoms with Crippen LogP contribution in [0.15, 0.2) is 16.9 Å². The van der Waals surface area contributed by atoms with Crippen LogP contribution in [0.1, 0.15) is 24.0 Å². The molecule has 0 spiro atoms. The quantitative estimate of drug-likeness (QED) is 0.880. The number of nitrogens with one attached hydrogen (secondary N) is 1. The number of carbonyl (C=O) groups excluding carboxylic acids is 1. The van der Waals surface area contributed by atoms with Gasteiger partial charge in [0, 0.05) is 24.5 Å². The van der Waals surface area contributed by atoms with Gasteiger partial charge in [-0.3, -0.25) is 14.2 Å². The SMILES string of the molecule is CCc1cc(=O)n(CC(=O)NC)c(-n2nc(C)cc2C)n1. The average Bonchev–Trinajstić information content (AvgIpc) is 2.79. The summed E-state index contributed by atoms with van der Waals surface area (Å²) in [5, 5.41) is 6.87. The summed E-state index contributed by atoms with van der Waals surface area (Å²) >= 11 is 0. The van der Waals surface area contributed by atoms with E-state index in [-0.39, 0.29) is 18.0 Å². The van der Waals surface area contributed by atoms with E-state index in [0.717, 1.165) is 11.4 Å². The Kier molecular flexibility index (Phi) is 4.21. The normalized spacial score (nSPS) is 10.7. The van der Waals surface area contributed by atoms with Crippen molar-refractivity contribution in [2.45, 2.75) is 33.7 Å². The molecule has 1 N–H and O–H groups in total. The third-order valence-electron chi connectivity index (χ3n) is 3.18. The monoisotopic (exact) mass is 289 g/mol. The van der Waals surface area contributed by atoms with E-state index in [1.54, 1.807) is 4.68 Å². The molecule has 0 radical (unpaired) electrons. The first-order chi connectivity index (χ1) is 9.96. The van der Waals surface area contributed by atoms with Crippen molar-refractivity contribution in [1.29, 1.82) is 0 Å². The zero-order chi connectivity index (χ0) is 15.6. The van der Waals surface area contributed by atoms with Gasteiger partial charge in [-0.1, -0.05) is 6.92 Å². The van der Waals surface area contributed by atoms with E-state index in [9.17, 15) is 9.59 Å². The van der Waals surface area contributed by atoms with Crippen LogP contribution in [0.5, 0.6) is 0 Å². The van der Waals surface area contributed by atoms with Crippen molar-refractivity contribution in [1.82, 2.24) is 24.6 Å². The van der Waals surface area contributed by atoms with Crippen LogP contribution in [0.2, 0.25) is 0 Å². The Morgan fingerprint density at radius 1 is 1.33 bits per heavy atom. The van der Waals surface area contributed by atoms with Crippen LogP contribution >= 0.6 is 0 Å². The number of hydrogen-bond acceptors (Lipinski definition) is 4. The first kappa shape index (κ1) is 15.0. The molecular weight excluding hydrogens is 270 g/mol. The fraction of sp³-hybridized carbons (Fsp3) is 0.429. The minimum absolute atomic E-state index is 0.0833. The van der Waals surface area contributed by atoms with Crippen molar-refractivity contribution in [3.63, 3.8) is 0 Å². The number of amides is 1. The van der Waals surface area contributed by atoms with Gasteiger partial charge in [-0.25, -0.2) is 9.67 Å². The number of likely N-dealkylation sites (N-methyl/N-ethyl adjacent to an activating group) is 1. The summed E-state index contributed by atoms with van der Waals surface area (Å²) in [5.41, 5.74) is 2.11. The fourth-order valence-electron chi connectivity index (χ4n) is 2.09. The van der Waals surface area contributed by atoms with Gasteiger partial charge < -0.3 is 5.32 Å². The summed E-state index contributed by atoms with van der Waals surface area (Å²) in [6.07, 6.45) is 0.641. The first-order valence-corrected chi connectivity index (χ1v) is 6.81. The molecule has 7 nitrogen and oxygen atoms in total. The Morgan fingerprint density at radius 3 is 2.57 bits per heavy atom. The molecule has 0 fully saturated rings. The summed E-state index contributed by atoms with van der Waals surface area (Å²) in [4.78, 5) is 28.4. The van der Waals surface area contributed by atoms with Crippen LogP contribution in [0.25, 0.3) is 5.95 Å². The van der Waals surface area contributed by atoms with Gasteiger partial charge in [0.2, 0.25) is 11.9 Å². The molecule has 0 aliphatic rings. The highest BCUT2D eigenvalue weighted by Gasteiger charge is 2.15. The van der Waals surface area contributed by atoms with Gasteiger partial charge in [0.25, 0.3) is 5.56 Å². The second kappa shape index (κ2) is 5.90. The molecule has 2 aromatic rings. The maximum absolute atomic E-state index is 12.3. The third-order valence-corrected chi connectivity index (χ3v) is 3.18. The Morgan fingerprint density at radius 2 is 2.05 bits per heavy atom. The standard InChI is InChI=1S/C14H19N5O2/c1-5-11-7-13(21)18(8-12(20)15-4)14(16-11)19-10(3)6-9(2)17-19/h6-7H,5,8H2,1-4H3,(H,15,20). The smallest absolute Gasteiger partial charge is 0.255 e. The molecule has 0 aromatic carbocycles. The van der Waals surface area contributed by atoms with E-state index in [0.29, 0.717) is 18.1 Å². The number of nitrogens with zero attached hydrogens (tertiary/aromatic N) is 4. The summed E-state index contributed by atoms with van der Waals surface area (Å²) in [6.45, 7) is 5.60. The lowest BCUT2D eigenvalue weighted by Gasteiger charge is -2.13. The van der Waals surface area contributed by atoms with E-state index in [2.05, 4.69) is 15.4 Å². The molecule has 0 unspecified atom stereocenters. The minimum atomic E-state index is -0.258. The van der Waals surface area contributed by atoms with Gasteiger partial charge in [-0.2, -0.15) is 5.10 Å². The second-order valence-corrected chi connectivity index (χ2v) is 4.84. The van der Waals surface area contributed by atoms with Gasteiger partial charge in [-0.05, 0) is 26.3 Å². The number of aromatic nitrogens is 4. The van der Waals surface area contributed by atoms with Crippen LogP contribution in [0.4, 0.5) is 0 Å². The maximum Gasteiger partial charge on any atom is 0.255 e. The molecule has 0 aliphatic heterocycles. The molecule has 0 atom stereocenters. The second-order valence-electron chi connectivity index (χ2n) is 4.84. The number of hydrogen-bond donors (Lipinski definition) is 1. The molecule has 1 amide bonds. The molecular formula is C14H19N5O2. The average molecular weight is 289 g/mol. The molecule has 0 aliphatic carbocycles. The largest absolute Gasteiger partial charge is 0.358 e. The van der Waals surface area contributed by atoms with Crippen molar-refractivity contribution in [3.8, 4) is 5.95 Å². The van der Waals surface area contributed by atoms with Crippen molar-refractivity contribution in [2.24, 2.45) is 0 Å². The van der Waals surface area contributed by atoms with Crippen LogP contribution in [-0.2, 0) is 17.8 Å². The molecule has 0 bridgehead atoms. The summed E-state index contributed by atoms with van der Waals surface area (Å²) in [6, 6.07) is 3.35. The number of aryl methyl sites for hydroxylation is 3. The fourth-order valence-corrected chi connectivity index (χ4v) is 2.09. The van der Waals surface area contributed by atoms with E-state index < -0.39 is 0 Å². The molecule has 21 heavy (non-hydrogen) atoms. The summed E-state index contributed by atoms with van der Waals surface area (Å²) in [7, 11) is 1.53. The first-order valence-electron chi connectivity index (χ1n) is 6.81. The molecule has 112 valence electrons. The van der Waals surface area contributed by atoms with Gasteiger partial charge in [0.05, 0.1) is 5.69 Å². The van der Waals surface area contributed by atoms with Crippen LogP contribution in [0.3, 0.4) is 0 Å². The van der Waals surface area contributed by atoms with Gasteiger partial charge in [0.15, 0.2) is 0 Å². The van der Waals surface area contributed by atoms with Crippen LogP contribution in [0, 0.1) is 13.8 Å². The number of rotatable bonds is 4. The highest BCUT2D eigenvalue weighted by atomic mass is 16.2. The third kappa shape index (κ3) is 3.01. The zero-order valence-corrected chi connectivity index (χ0v) is 12.7. The van der Waals surface area contributed by atoms with Gasteiger partial charge >= 0.3 is 0 Å². The Bertz CT molecular complexity index is 729. The molecule has 2 aromatic heterocycles. The van der Waals surface area contributed by atoms with E-state index in [1.807, 2.05) is 26.8 Å². The van der Waals surface area contributed by atoms with Crippen LogP contribution < -0.4 is 10.9 Å². The van der Waals surface area contributed by atoms with E-state index >= 15 is 0 Å². The van der Waals surface area contributed by atoms with E-state index in [4.69, 9.17) is 0 Å². The Balaban J connectivity index is 2.66. The van der Waals surface area contributed by atoms with Gasteiger partial charge in [0.1, 0.15) is 6.54 Å². The van der Waals surface area contributed by atoms with Crippen molar-refractivity contribution < 1.29 is 4.79 Å². The van der Waals surface area contributed by atoms with E-state index in [1.165, 1.54) is 17.7 Å². The topological polar surface area (TPSA) is 81.8 Å². The Hall–Kier alpha value is -2.44. The van der Waals surface area contributed by atoms with Crippen molar-refractivity contribution in [3.05, 3.63) is 39.6 Å². The van der Waals surface area contributed by atoms with Crippen molar-refractivity contribution >= 4 is 5.91 Å². The Labute approximate surface area is 122 Å². The lowest BCUT2D eigenvalue weighted by molar-refractivity contribution is -0.121. The predicted molar refractivity (Wildman–Crippen MR) is 78.5 cm³/mol. The molecule has 0 saturated heterocycles. The molecule has 2 heterocycles. The number of carbonyl (C=O) groups is 1. The highest BCUT2D eigenvalue weighted by molar-refractivity contribution is 5.75.